The Labute approximate surface area is 100 Å². The SMILES string of the molecule is COc1cc(CBr)cc(F)c1OCC(=O)O. The molecule has 0 saturated heterocycles. The monoisotopic (exact) mass is 292 g/mol. The Morgan fingerprint density at radius 3 is 2.75 bits per heavy atom. The Kier molecular flexibility index (Phi) is 4.54. The predicted octanol–water partition coefficient (Wildman–Crippen LogP) is 2.19. The van der Waals surface area contributed by atoms with Gasteiger partial charge >= 0.3 is 5.97 Å². The van der Waals surface area contributed by atoms with E-state index in [1.165, 1.54) is 13.2 Å². The van der Waals surface area contributed by atoms with Crippen LogP contribution in [0, 0.1) is 5.82 Å². The van der Waals surface area contributed by atoms with E-state index in [4.69, 9.17) is 14.6 Å². The van der Waals surface area contributed by atoms with Crippen molar-refractivity contribution in [2.75, 3.05) is 13.7 Å². The Balaban J connectivity index is 3.01. The number of carboxylic acid groups (broad SMARTS) is 1. The van der Waals surface area contributed by atoms with Crippen LogP contribution in [0.5, 0.6) is 11.5 Å². The molecular formula is C10H10BrFO4. The first-order chi connectivity index (χ1) is 7.58. The molecule has 0 heterocycles. The number of aliphatic carboxylic acids is 1. The number of methoxy groups -OCH3 is 1. The summed E-state index contributed by atoms with van der Waals surface area (Å²) in [5, 5.41) is 8.91. The number of carbonyl (C=O) groups is 1. The number of ether oxygens (including phenoxy) is 2. The summed E-state index contributed by atoms with van der Waals surface area (Å²) in [6.07, 6.45) is 0. The van der Waals surface area contributed by atoms with Gasteiger partial charge in [0.15, 0.2) is 23.9 Å². The molecule has 0 saturated carbocycles. The van der Waals surface area contributed by atoms with Gasteiger partial charge in [0.1, 0.15) is 0 Å². The van der Waals surface area contributed by atoms with E-state index in [1.807, 2.05) is 0 Å². The topological polar surface area (TPSA) is 55.8 Å². The molecule has 4 nitrogen and oxygen atoms in total. The zero-order chi connectivity index (χ0) is 12.1. The summed E-state index contributed by atoms with van der Waals surface area (Å²) in [6, 6.07) is 2.84. The lowest BCUT2D eigenvalue weighted by Crippen LogP contribution is -2.11. The van der Waals surface area contributed by atoms with Crippen molar-refractivity contribution in [3.8, 4) is 11.5 Å². The number of hydrogen-bond acceptors (Lipinski definition) is 3. The molecule has 88 valence electrons. The summed E-state index contributed by atoms with van der Waals surface area (Å²) in [7, 11) is 1.36. The zero-order valence-corrected chi connectivity index (χ0v) is 10.1. The Bertz CT molecular complexity index is 395. The maximum absolute atomic E-state index is 13.5. The van der Waals surface area contributed by atoms with Gasteiger partial charge in [-0.15, -0.1) is 0 Å². The minimum atomic E-state index is -1.17. The smallest absolute Gasteiger partial charge is 0.341 e. The normalized spacial score (nSPS) is 9.94. The molecule has 0 amide bonds. The third kappa shape index (κ3) is 3.10. The van der Waals surface area contributed by atoms with Crippen LogP contribution in [0.1, 0.15) is 5.56 Å². The van der Waals surface area contributed by atoms with Gasteiger partial charge in [0.05, 0.1) is 7.11 Å². The highest BCUT2D eigenvalue weighted by Gasteiger charge is 2.14. The molecule has 0 aliphatic rings. The van der Waals surface area contributed by atoms with Crippen LogP contribution in [0.2, 0.25) is 0 Å². The van der Waals surface area contributed by atoms with Crippen molar-refractivity contribution in [3.63, 3.8) is 0 Å². The van der Waals surface area contributed by atoms with Gasteiger partial charge in [-0.05, 0) is 17.7 Å². The molecule has 16 heavy (non-hydrogen) atoms. The first kappa shape index (κ1) is 12.8. The molecule has 1 aromatic carbocycles. The lowest BCUT2D eigenvalue weighted by molar-refractivity contribution is -0.139. The van der Waals surface area contributed by atoms with Gasteiger partial charge in [-0.25, -0.2) is 9.18 Å². The largest absolute Gasteiger partial charge is 0.493 e. The van der Waals surface area contributed by atoms with Crippen LogP contribution < -0.4 is 9.47 Å². The summed E-state index contributed by atoms with van der Waals surface area (Å²) in [5.41, 5.74) is 0.678. The first-order valence-corrected chi connectivity index (χ1v) is 5.47. The van der Waals surface area contributed by atoms with Crippen LogP contribution in [0.3, 0.4) is 0 Å². The van der Waals surface area contributed by atoms with Gasteiger partial charge in [-0.2, -0.15) is 0 Å². The van der Waals surface area contributed by atoms with E-state index < -0.39 is 18.4 Å². The molecule has 0 bridgehead atoms. The molecule has 0 unspecified atom stereocenters. The first-order valence-electron chi connectivity index (χ1n) is 4.35. The minimum Gasteiger partial charge on any atom is -0.493 e. The van der Waals surface area contributed by atoms with Crippen molar-refractivity contribution in [2.24, 2.45) is 0 Å². The zero-order valence-electron chi connectivity index (χ0n) is 8.50. The highest BCUT2D eigenvalue weighted by atomic mass is 79.9. The molecule has 1 aromatic rings. The Hall–Kier alpha value is -1.30. The van der Waals surface area contributed by atoms with Gasteiger partial charge < -0.3 is 14.6 Å². The second-order valence-electron chi connectivity index (χ2n) is 2.93. The summed E-state index contributed by atoms with van der Waals surface area (Å²) in [5.74, 6) is -1.83. The Morgan fingerprint density at radius 2 is 2.25 bits per heavy atom. The molecular weight excluding hydrogens is 283 g/mol. The van der Waals surface area contributed by atoms with E-state index >= 15 is 0 Å². The number of alkyl halides is 1. The lowest BCUT2D eigenvalue weighted by Gasteiger charge is -2.11. The summed E-state index contributed by atoms with van der Waals surface area (Å²) in [6.45, 7) is -0.610. The third-order valence-electron chi connectivity index (χ3n) is 1.78. The average molecular weight is 293 g/mol. The van der Waals surface area contributed by atoms with Crippen molar-refractivity contribution >= 4 is 21.9 Å². The number of halogens is 2. The van der Waals surface area contributed by atoms with Crippen LogP contribution >= 0.6 is 15.9 Å². The number of rotatable bonds is 5. The molecule has 0 radical (unpaired) electrons. The number of benzene rings is 1. The fourth-order valence-electron chi connectivity index (χ4n) is 1.12. The van der Waals surface area contributed by atoms with Crippen molar-refractivity contribution in [3.05, 3.63) is 23.5 Å². The maximum atomic E-state index is 13.5. The standard InChI is InChI=1S/C10H10BrFO4/c1-15-8-3-6(4-11)2-7(12)10(8)16-5-9(13)14/h2-3H,4-5H2,1H3,(H,13,14). The fourth-order valence-corrected chi connectivity index (χ4v) is 1.45. The Morgan fingerprint density at radius 1 is 1.56 bits per heavy atom. The summed E-state index contributed by atoms with van der Waals surface area (Å²) in [4.78, 5) is 10.3. The third-order valence-corrected chi connectivity index (χ3v) is 2.43. The van der Waals surface area contributed by atoms with E-state index in [1.54, 1.807) is 6.07 Å². The van der Waals surface area contributed by atoms with Gasteiger partial charge in [-0.1, -0.05) is 15.9 Å². The summed E-state index contributed by atoms with van der Waals surface area (Å²) >= 11 is 3.18. The molecule has 0 atom stereocenters. The predicted molar refractivity (Wildman–Crippen MR) is 58.7 cm³/mol. The van der Waals surface area contributed by atoms with E-state index in [0.717, 1.165) is 0 Å². The van der Waals surface area contributed by atoms with Crippen LogP contribution in [-0.2, 0) is 10.1 Å². The van der Waals surface area contributed by atoms with Crippen LogP contribution in [0.15, 0.2) is 12.1 Å². The molecule has 6 heteroatoms. The minimum absolute atomic E-state index is 0.177. The number of hydrogen-bond donors (Lipinski definition) is 1. The van der Waals surface area contributed by atoms with Crippen LogP contribution in [0.4, 0.5) is 4.39 Å². The van der Waals surface area contributed by atoms with E-state index in [0.29, 0.717) is 10.9 Å². The molecule has 0 spiro atoms. The summed E-state index contributed by atoms with van der Waals surface area (Å²) < 4.78 is 23.2. The molecule has 0 aliphatic carbocycles. The van der Waals surface area contributed by atoms with Gasteiger partial charge in [-0.3, -0.25) is 0 Å². The highest BCUT2D eigenvalue weighted by Crippen LogP contribution is 2.32. The quantitative estimate of drug-likeness (QED) is 0.846. The second kappa shape index (κ2) is 5.69. The van der Waals surface area contributed by atoms with Crippen LogP contribution in [0.25, 0.3) is 0 Å². The maximum Gasteiger partial charge on any atom is 0.341 e. The van der Waals surface area contributed by atoms with Crippen molar-refractivity contribution in [1.29, 1.82) is 0 Å². The van der Waals surface area contributed by atoms with Gasteiger partial charge in [0.2, 0.25) is 0 Å². The van der Waals surface area contributed by atoms with Crippen molar-refractivity contribution in [1.82, 2.24) is 0 Å². The van der Waals surface area contributed by atoms with Crippen molar-refractivity contribution in [2.45, 2.75) is 5.33 Å². The van der Waals surface area contributed by atoms with Gasteiger partial charge in [0, 0.05) is 5.33 Å². The van der Waals surface area contributed by atoms with E-state index in [9.17, 15) is 9.18 Å². The highest BCUT2D eigenvalue weighted by molar-refractivity contribution is 9.08. The lowest BCUT2D eigenvalue weighted by atomic mass is 10.2. The number of carboxylic acids is 1. The van der Waals surface area contributed by atoms with Gasteiger partial charge in [0.25, 0.3) is 0 Å². The molecule has 0 aromatic heterocycles. The van der Waals surface area contributed by atoms with Crippen molar-refractivity contribution < 1.29 is 23.8 Å². The van der Waals surface area contributed by atoms with E-state index in [-0.39, 0.29) is 11.5 Å². The van der Waals surface area contributed by atoms with E-state index in [2.05, 4.69) is 15.9 Å². The molecule has 0 fully saturated rings. The average Bonchev–Trinajstić information content (AvgIpc) is 2.26. The molecule has 1 rings (SSSR count). The molecule has 0 aliphatic heterocycles. The second-order valence-corrected chi connectivity index (χ2v) is 3.49. The molecule has 1 N–H and O–H groups in total. The van der Waals surface area contributed by atoms with Crippen LogP contribution in [-0.4, -0.2) is 24.8 Å². The fraction of sp³-hybridized carbons (Fsp3) is 0.300.